The van der Waals surface area contributed by atoms with Crippen molar-refractivity contribution in [1.82, 2.24) is 9.88 Å². The molecule has 0 bridgehead atoms. The van der Waals surface area contributed by atoms with Gasteiger partial charge in [0.1, 0.15) is 11.3 Å². The summed E-state index contributed by atoms with van der Waals surface area (Å²) in [5.41, 5.74) is -2.66. The Morgan fingerprint density at radius 3 is 2.45 bits per heavy atom. The molecule has 2 aliphatic rings. The number of aromatic nitrogens is 1. The van der Waals surface area contributed by atoms with E-state index in [9.17, 15) is 21.6 Å². The van der Waals surface area contributed by atoms with Crippen LogP contribution in [0, 0.1) is 0 Å². The van der Waals surface area contributed by atoms with Crippen LogP contribution >= 0.6 is 0 Å². The zero-order valence-electron chi connectivity index (χ0n) is 17.8. The van der Waals surface area contributed by atoms with Crippen LogP contribution < -0.4 is 9.64 Å². The van der Waals surface area contributed by atoms with Gasteiger partial charge in [0.05, 0.1) is 18.7 Å². The fourth-order valence-corrected chi connectivity index (χ4v) is 5.32. The summed E-state index contributed by atoms with van der Waals surface area (Å²) >= 11 is 0. The number of sulfone groups is 1. The number of fused-ring (bicyclic) bond motifs is 1. The van der Waals surface area contributed by atoms with E-state index in [1.54, 1.807) is 13.3 Å². The van der Waals surface area contributed by atoms with Crippen LogP contribution in [0.25, 0.3) is 10.9 Å². The number of hydrogen-bond donors (Lipinski definition) is 0. The number of anilines is 1. The molecular formula is C23H22F3N3O3S. The quantitative estimate of drug-likeness (QED) is 0.545. The third kappa shape index (κ3) is 3.71. The van der Waals surface area contributed by atoms with Gasteiger partial charge < -0.3 is 9.64 Å². The number of hydrogen-bond acceptors (Lipinski definition) is 6. The Hall–Kier alpha value is -2.85. The molecule has 0 atom stereocenters. The molecule has 2 aromatic carbocycles. The lowest BCUT2D eigenvalue weighted by Gasteiger charge is -2.23. The first-order valence-electron chi connectivity index (χ1n) is 10.5. The Bertz CT molecular complexity index is 1310. The molecule has 1 saturated carbocycles. The lowest BCUT2D eigenvalue weighted by molar-refractivity contribution is -0.0436. The van der Waals surface area contributed by atoms with Crippen molar-refractivity contribution in [2.75, 3.05) is 25.2 Å². The minimum Gasteiger partial charge on any atom is -0.494 e. The molecule has 6 nitrogen and oxygen atoms in total. The molecule has 2 heterocycles. The van der Waals surface area contributed by atoms with Crippen LogP contribution in [0.1, 0.15) is 18.4 Å². The summed E-state index contributed by atoms with van der Waals surface area (Å²) in [5, 5.41) is 1.02. The van der Waals surface area contributed by atoms with Gasteiger partial charge in [-0.25, -0.2) is 8.42 Å². The first kappa shape index (κ1) is 22.0. The minimum absolute atomic E-state index is 0.0190. The third-order valence-electron chi connectivity index (χ3n) is 6.55. The zero-order valence-corrected chi connectivity index (χ0v) is 18.7. The molecule has 0 amide bonds. The Kier molecular flexibility index (Phi) is 5.06. The summed E-state index contributed by atoms with van der Waals surface area (Å²) in [6.45, 7) is 2.03. The number of ether oxygens (including phenoxy) is 1. The predicted octanol–water partition coefficient (Wildman–Crippen LogP) is 4.35. The highest BCUT2D eigenvalue weighted by atomic mass is 32.2. The Morgan fingerprint density at radius 1 is 1.09 bits per heavy atom. The minimum atomic E-state index is -5.35. The van der Waals surface area contributed by atoms with Crippen molar-refractivity contribution >= 4 is 26.4 Å². The lowest BCUT2D eigenvalue weighted by Crippen LogP contribution is -2.32. The summed E-state index contributed by atoms with van der Waals surface area (Å²) in [6.07, 6.45) is 3.85. The fourth-order valence-electron chi connectivity index (χ4n) is 4.55. The number of para-hydroxylation sites is 1. The van der Waals surface area contributed by atoms with Crippen molar-refractivity contribution in [2.45, 2.75) is 35.3 Å². The highest BCUT2D eigenvalue weighted by molar-refractivity contribution is 7.92. The summed E-state index contributed by atoms with van der Waals surface area (Å²) in [5.74, 6) is 0.715. The van der Waals surface area contributed by atoms with Crippen molar-refractivity contribution in [3.05, 3.63) is 60.3 Å². The topological polar surface area (TPSA) is 62.7 Å². The maximum atomic E-state index is 12.8. The van der Waals surface area contributed by atoms with Crippen molar-refractivity contribution in [2.24, 2.45) is 0 Å². The number of alkyl halides is 3. The Balaban J connectivity index is 1.39. The van der Waals surface area contributed by atoms with Crippen molar-refractivity contribution in [3.8, 4) is 5.75 Å². The van der Waals surface area contributed by atoms with Crippen molar-refractivity contribution in [1.29, 1.82) is 0 Å². The molecule has 0 N–H and O–H groups in total. The zero-order chi connectivity index (χ0) is 23.4. The van der Waals surface area contributed by atoms with Crippen molar-refractivity contribution < 1.29 is 26.3 Å². The molecule has 33 heavy (non-hydrogen) atoms. The molecule has 1 aromatic heterocycles. The van der Waals surface area contributed by atoms with E-state index in [4.69, 9.17) is 4.74 Å². The van der Waals surface area contributed by atoms with E-state index >= 15 is 0 Å². The van der Waals surface area contributed by atoms with Crippen LogP contribution in [0.15, 0.2) is 59.6 Å². The highest BCUT2D eigenvalue weighted by Crippen LogP contribution is 2.48. The van der Waals surface area contributed by atoms with Crippen molar-refractivity contribution in [3.63, 3.8) is 0 Å². The van der Waals surface area contributed by atoms with E-state index < -0.39 is 20.2 Å². The molecule has 5 rings (SSSR count). The van der Waals surface area contributed by atoms with E-state index in [0.29, 0.717) is 24.7 Å². The summed E-state index contributed by atoms with van der Waals surface area (Å²) in [6, 6.07) is 12.8. The van der Waals surface area contributed by atoms with E-state index in [1.807, 2.05) is 24.3 Å². The average molecular weight is 478 g/mol. The van der Waals surface area contributed by atoms with Gasteiger partial charge in [-0.1, -0.05) is 12.1 Å². The van der Waals surface area contributed by atoms with E-state index in [2.05, 4.69) is 14.8 Å². The fraction of sp³-hybridized carbons (Fsp3) is 0.348. The molecule has 10 heteroatoms. The number of pyridine rings is 1. The summed E-state index contributed by atoms with van der Waals surface area (Å²) in [4.78, 5) is 8.18. The second-order valence-corrected chi connectivity index (χ2v) is 10.5. The first-order valence-corrected chi connectivity index (χ1v) is 11.9. The molecule has 1 aliphatic heterocycles. The van der Waals surface area contributed by atoms with Gasteiger partial charge in [0, 0.05) is 35.9 Å². The maximum absolute atomic E-state index is 12.8. The lowest BCUT2D eigenvalue weighted by atomic mass is 10.1. The van der Waals surface area contributed by atoms with Gasteiger partial charge in [0.15, 0.2) is 0 Å². The molecule has 174 valence electrons. The highest BCUT2D eigenvalue weighted by Gasteiger charge is 2.53. The van der Waals surface area contributed by atoms with Gasteiger partial charge in [-0.15, -0.1) is 0 Å². The van der Waals surface area contributed by atoms with Gasteiger partial charge >= 0.3 is 5.51 Å². The Labute approximate surface area is 189 Å². The number of halogens is 3. The number of rotatable bonds is 5. The van der Waals surface area contributed by atoms with Gasteiger partial charge in [0.2, 0.25) is 0 Å². The molecule has 0 unspecified atom stereocenters. The van der Waals surface area contributed by atoms with Crippen LogP contribution in [0.4, 0.5) is 18.9 Å². The number of nitrogens with zero attached hydrogens (tertiary/aromatic N) is 3. The SMILES string of the molecule is COc1cccc2c(CN3CN(c4ccc(S(=O)(=O)C(F)(F)F)cc4)CC34CC4)ccnc12. The molecular weight excluding hydrogens is 455 g/mol. The standard InChI is InChI=1S/C23H22F3N3O3S/c1-32-20-4-2-3-19-16(9-12-27-21(19)20)13-29-15-28(14-22(29)10-11-22)17-5-7-18(8-6-17)33(30,31)23(24,25)26/h2-9,12H,10-11,13-15H2,1H3. The van der Waals surface area contributed by atoms with Crippen LogP contribution in [0.2, 0.25) is 0 Å². The van der Waals surface area contributed by atoms with E-state index in [1.165, 1.54) is 12.1 Å². The van der Waals surface area contributed by atoms with Crippen LogP contribution in [0.5, 0.6) is 5.75 Å². The third-order valence-corrected chi connectivity index (χ3v) is 8.05. The van der Waals surface area contributed by atoms with Gasteiger partial charge in [-0.3, -0.25) is 9.88 Å². The summed E-state index contributed by atoms with van der Waals surface area (Å²) < 4.78 is 67.2. The first-order chi connectivity index (χ1) is 15.6. The number of methoxy groups -OCH3 is 1. The molecule has 3 aromatic rings. The second kappa shape index (κ2) is 7.59. The second-order valence-electron chi connectivity index (χ2n) is 8.53. The molecule has 1 spiro atoms. The molecule has 1 saturated heterocycles. The van der Waals surface area contributed by atoms with E-state index in [0.717, 1.165) is 48.0 Å². The van der Waals surface area contributed by atoms with Gasteiger partial charge in [-0.05, 0) is 54.8 Å². The molecule has 0 radical (unpaired) electrons. The van der Waals surface area contributed by atoms with E-state index in [-0.39, 0.29) is 5.54 Å². The van der Waals surface area contributed by atoms with Crippen LogP contribution in [-0.4, -0.2) is 49.7 Å². The molecule has 1 aliphatic carbocycles. The average Bonchev–Trinajstić information content (AvgIpc) is 3.48. The van der Waals surface area contributed by atoms with Crippen LogP contribution in [-0.2, 0) is 16.4 Å². The predicted molar refractivity (Wildman–Crippen MR) is 118 cm³/mol. The smallest absolute Gasteiger partial charge is 0.494 e. The summed E-state index contributed by atoms with van der Waals surface area (Å²) in [7, 11) is -3.73. The van der Waals surface area contributed by atoms with Crippen LogP contribution in [0.3, 0.4) is 0 Å². The maximum Gasteiger partial charge on any atom is 0.501 e. The largest absolute Gasteiger partial charge is 0.501 e. The number of benzene rings is 2. The van der Waals surface area contributed by atoms with Gasteiger partial charge in [-0.2, -0.15) is 13.2 Å². The monoisotopic (exact) mass is 477 g/mol. The normalized spacial score (nSPS) is 18.2. The molecule has 2 fully saturated rings. The Morgan fingerprint density at radius 2 is 1.82 bits per heavy atom. The van der Waals surface area contributed by atoms with Gasteiger partial charge in [0.25, 0.3) is 9.84 Å².